The number of rotatable bonds is 8. The van der Waals surface area contributed by atoms with E-state index in [2.05, 4.69) is 25.2 Å². The van der Waals surface area contributed by atoms with E-state index in [1.54, 1.807) is 0 Å². The molecule has 0 heterocycles. The predicted octanol–water partition coefficient (Wildman–Crippen LogP) is 2.72. The SMILES string of the molecule is CCCC(C)COC(C)CC(C)(C#N)NC. The molecule has 94 valence electrons. The lowest BCUT2D eigenvalue weighted by Crippen LogP contribution is -2.41. The molecular formula is C13H26N2O. The molecule has 3 unspecified atom stereocenters. The van der Waals surface area contributed by atoms with Gasteiger partial charge in [-0.1, -0.05) is 20.3 Å². The Morgan fingerprint density at radius 2 is 2.06 bits per heavy atom. The van der Waals surface area contributed by atoms with Crippen LogP contribution in [0, 0.1) is 17.2 Å². The van der Waals surface area contributed by atoms with Crippen molar-refractivity contribution >= 4 is 0 Å². The maximum absolute atomic E-state index is 9.03. The first-order valence-electron chi connectivity index (χ1n) is 6.19. The van der Waals surface area contributed by atoms with Crippen LogP contribution in [0.5, 0.6) is 0 Å². The fourth-order valence-electron chi connectivity index (χ4n) is 1.74. The van der Waals surface area contributed by atoms with Crippen LogP contribution >= 0.6 is 0 Å². The average molecular weight is 226 g/mol. The maximum Gasteiger partial charge on any atom is 0.106 e. The van der Waals surface area contributed by atoms with Crippen LogP contribution in [0.15, 0.2) is 0 Å². The Morgan fingerprint density at radius 3 is 2.50 bits per heavy atom. The lowest BCUT2D eigenvalue weighted by molar-refractivity contribution is 0.0273. The smallest absolute Gasteiger partial charge is 0.106 e. The van der Waals surface area contributed by atoms with Gasteiger partial charge in [0.05, 0.1) is 12.2 Å². The molecule has 0 aromatic carbocycles. The highest BCUT2D eigenvalue weighted by Crippen LogP contribution is 2.14. The minimum absolute atomic E-state index is 0.122. The van der Waals surface area contributed by atoms with E-state index in [-0.39, 0.29) is 6.10 Å². The fourth-order valence-corrected chi connectivity index (χ4v) is 1.74. The molecule has 3 atom stereocenters. The van der Waals surface area contributed by atoms with Crippen molar-refractivity contribution in [2.75, 3.05) is 13.7 Å². The van der Waals surface area contributed by atoms with E-state index in [4.69, 9.17) is 10.00 Å². The number of nitrogens with one attached hydrogen (secondary N) is 1. The van der Waals surface area contributed by atoms with Crippen LogP contribution in [0.4, 0.5) is 0 Å². The number of ether oxygens (including phenoxy) is 1. The van der Waals surface area contributed by atoms with E-state index < -0.39 is 5.54 Å². The Kier molecular flexibility index (Phi) is 7.36. The third kappa shape index (κ3) is 6.09. The van der Waals surface area contributed by atoms with Crippen molar-refractivity contribution in [2.45, 2.75) is 58.6 Å². The molecule has 0 amide bonds. The minimum Gasteiger partial charge on any atom is -0.378 e. The third-order valence-corrected chi connectivity index (χ3v) is 2.94. The van der Waals surface area contributed by atoms with Crippen LogP contribution in [0.1, 0.15) is 47.0 Å². The first kappa shape index (κ1) is 15.4. The lowest BCUT2D eigenvalue weighted by Gasteiger charge is -2.25. The van der Waals surface area contributed by atoms with Gasteiger partial charge in [0.2, 0.25) is 0 Å². The van der Waals surface area contributed by atoms with Gasteiger partial charge in [-0.3, -0.25) is 0 Å². The van der Waals surface area contributed by atoms with Gasteiger partial charge < -0.3 is 10.1 Å². The Bertz CT molecular complexity index is 224. The first-order valence-corrected chi connectivity index (χ1v) is 6.19. The highest BCUT2D eigenvalue weighted by atomic mass is 16.5. The van der Waals surface area contributed by atoms with Crippen molar-refractivity contribution in [3.8, 4) is 6.07 Å². The van der Waals surface area contributed by atoms with E-state index in [1.165, 1.54) is 12.8 Å². The highest BCUT2D eigenvalue weighted by molar-refractivity contribution is 5.03. The van der Waals surface area contributed by atoms with E-state index in [1.807, 2.05) is 20.9 Å². The second-order valence-corrected chi connectivity index (χ2v) is 4.94. The summed E-state index contributed by atoms with van der Waals surface area (Å²) in [5.41, 5.74) is -0.479. The van der Waals surface area contributed by atoms with Gasteiger partial charge in [0.15, 0.2) is 0 Å². The molecule has 3 heteroatoms. The molecule has 0 bridgehead atoms. The van der Waals surface area contributed by atoms with Gasteiger partial charge in [-0.05, 0) is 33.2 Å². The summed E-state index contributed by atoms with van der Waals surface area (Å²) in [4.78, 5) is 0. The fraction of sp³-hybridized carbons (Fsp3) is 0.923. The van der Waals surface area contributed by atoms with Gasteiger partial charge in [0, 0.05) is 13.0 Å². The second kappa shape index (κ2) is 7.65. The van der Waals surface area contributed by atoms with Gasteiger partial charge in [0.1, 0.15) is 5.54 Å². The largest absolute Gasteiger partial charge is 0.378 e. The lowest BCUT2D eigenvalue weighted by atomic mass is 9.97. The molecule has 0 radical (unpaired) electrons. The topological polar surface area (TPSA) is 45.0 Å². The summed E-state index contributed by atoms with van der Waals surface area (Å²) in [5.74, 6) is 0.607. The molecule has 0 aromatic rings. The molecule has 0 fully saturated rings. The first-order chi connectivity index (χ1) is 7.47. The molecule has 0 aliphatic heterocycles. The molecule has 0 aromatic heterocycles. The number of nitrogens with zero attached hydrogens (tertiary/aromatic N) is 1. The van der Waals surface area contributed by atoms with Crippen LogP contribution in [-0.2, 0) is 4.74 Å². The molecule has 3 nitrogen and oxygen atoms in total. The van der Waals surface area contributed by atoms with Crippen LogP contribution in [0.3, 0.4) is 0 Å². The van der Waals surface area contributed by atoms with Crippen LogP contribution in [0.25, 0.3) is 0 Å². The molecule has 0 spiro atoms. The van der Waals surface area contributed by atoms with Crippen molar-refractivity contribution in [1.29, 1.82) is 5.26 Å². The number of hydrogen-bond donors (Lipinski definition) is 1. The van der Waals surface area contributed by atoms with Crippen LogP contribution < -0.4 is 5.32 Å². The van der Waals surface area contributed by atoms with Crippen LogP contribution in [0.2, 0.25) is 0 Å². The van der Waals surface area contributed by atoms with Crippen molar-refractivity contribution in [3.63, 3.8) is 0 Å². The second-order valence-electron chi connectivity index (χ2n) is 4.94. The van der Waals surface area contributed by atoms with Gasteiger partial charge in [-0.15, -0.1) is 0 Å². The zero-order valence-electron chi connectivity index (χ0n) is 11.3. The van der Waals surface area contributed by atoms with Crippen molar-refractivity contribution < 1.29 is 4.74 Å². The zero-order chi connectivity index (χ0) is 12.6. The summed E-state index contributed by atoms with van der Waals surface area (Å²) in [6.07, 6.45) is 3.25. The molecular weight excluding hydrogens is 200 g/mol. The van der Waals surface area contributed by atoms with Crippen molar-refractivity contribution in [2.24, 2.45) is 5.92 Å². The monoisotopic (exact) mass is 226 g/mol. The molecule has 1 N–H and O–H groups in total. The summed E-state index contributed by atoms with van der Waals surface area (Å²) in [7, 11) is 1.82. The molecule has 0 saturated carbocycles. The molecule has 0 aliphatic rings. The highest BCUT2D eigenvalue weighted by Gasteiger charge is 2.24. The maximum atomic E-state index is 9.03. The van der Waals surface area contributed by atoms with E-state index in [0.29, 0.717) is 5.92 Å². The number of nitriles is 1. The normalized spacial score (nSPS) is 18.5. The average Bonchev–Trinajstić information content (AvgIpc) is 2.26. The van der Waals surface area contributed by atoms with Gasteiger partial charge in [0.25, 0.3) is 0 Å². The Labute approximate surface area is 100 Å². The third-order valence-electron chi connectivity index (χ3n) is 2.94. The molecule has 0 aliphatic carbocycles. The van der Waals surface area contributed by atoms with Gasteiger partial charge >= 0.3 is 0 Å². The van der Waals surface area contributed by atoms with Gasteiger partial charge in [-0.2, -0.15) is 5.26 Å². The summed E-state index contributed by atoms with van der Waals surface area (Å²) in [5, 5.41) is 12.1. The standard InChI is InChI=1S/C13H26N2O/c1-6-7-11(2)9-16-12(3)8-13(4,10-14)15-5/h11-12,15H,6-9H2,1-5H3. The zero-order valence-corrected chi connectivity index (χ0v) is 11.3. The summed E-state index contributed by atoms with van der Waals surface area (Å²) >= 11 is 0. The number of hydrogen-bond acceptors (Lipinski definition) is 3. The quantitative estimate of drug-likeness (QED) is 0.692. The van der Waals surface area contributed by atoms with E-state index in [0.717, 1.165) is 13.0 Å². The molecule has 0 saturated heterocycles. The van der Waals surface area contributed by atoms with E-state index in [9.17, 15) is 0 Å². The van der Waals surface area contributed by atoms with Crippen molar-refractivity contribution in [3.05, 3.63) is 0 Å². The Morgan fingerprint density at radius 1 is 1.44 bits per heavy atom. The summed E-state index contributed by atoms with van der Waals surface area (Å²) in [6, 6.07) is 2.28. The van der Waals surface area contributed by atoms with Crippen molar-refractivity contribution in [1.82, 2.24) is 5.32 Å². The minimum atomic E-state index is -0.479. The molecule has 0 rings (SSSR count). The van der Waals surface area contributed by atoms with E-state index >= 15 is 0 Å². The Hall–Kier alpha value is -0.590. The van der Waals surface area contributed by atoms with Crippen LogP contribution in [-0.4, -0.2) is 25.3 Å². The predicted molar refractivity (Wildman–Crippen MR) is 67.2 cm³/mol. The summed E-state index contributed by atoms with van der Waals surface area (Å²) in [6.45, 7) is 9.12. The van der Waals surface area contributed by atoms with Gasteiger partial charge in [-0.25, -0.2) is 0 Å². The Balaban J connectivity index is 3.91. The molecule has 16 heavy (non-hydrogen) atoms. The summed E-state index contributed by atoms with van der Waals surface area (Å²) < 4.78 is 5.76.